The maximum absolute atomic E-state index is 11.7. The van der Waals surface area contributed by atoms with Crippen molar-refractivity contribution >= 4 is 11.9 Å². The van der Waals surface area contributed by atoms with Crippen molar-refractivity contribution in [2.45, 2.75) is 38.1 Å². The van der Waals surface area contributed by atoms with E-state index in [-0.39, 0.29) is 5.91 Å². The van der Waals surface area contributed by atoms with E-state index in [9.17, 15) is 9.59 Å². The lowest BCUT2D eigenvalue weighted by Gasteiger charge is -2.41. The summed E-state index contributed by atoms with van der Waals surface area (Å²) in [6.07, 6.45) is 4.64. The van der Waals surface area contributed by atoms with Crippen molar-refractivity contribution in [1.82, 2.24) is 4.90 Å². The van der Waals surface area contributed by atoms with Gasteiger partial charge < -0.3 is 10.0 Å². The number of carboxylic acid groups (broad SMARTS) is 1. The van der Waals surface area contributed by atoms with Crippen LogP contribution in [-0.2, 0) is 9.59 Å². The second kappa shape index (κ2) is 3.59. The number of carbonyl (C=O) groups is 2. The number of carbonyl (C=O) groups excluding carboxylic acids is 1. The average Bonchev–Trinajstić information content (AvgIpc) is 2.18. The molecular weight excluding hydrogens is 182 g/mol. The quantitative estimate of drug-likeness (QED) is 0.634. The van der Waals surface area contributed by atoms with Gasteiger partial charge in [-0.2, -0.15) is 0 Å². The molecule has 2 fully saturated rings. The van der Waals surface area contributed by atoms with Gasteiger partial charge in [-0.25, -0.2) is 0 Å². The molecule has 78 valence electrons. The van der Waals surface area contributed by atoms with E-state index in [2.05, 4.69) is 0 Å². The summed E-state index contributed by atoms with van der Waals surface area (Å²) in [7, 11) is 0. The van der Waals surface area contributed by atoms with E-state index in [1.165, 1.54) is 6.42 Å². The van der Waals surface area contributed by atoms with E-state index in [0.29, 0.717) is 12.5 Å². The monoisotopic (exact) mass is 197 g/mol. The van der Waals surface area contributed by atoms with Gasteiger partial charge >= 0.3 is 5.97 Å². The Bertz CT molecular complexity index is 264. The van der Waals surface area contributed by atoms with Crippen molar-refractivity contribution in [2.75, 3.05) is 6.54 Å². The topological polar surface area (TPSA) is 57.6 Å². The molecule has 1 N–H and O–H groups in total. The van der Waals surface area contributed by atoms with Gasteiger partial charge in [0.1, 0.15) is 5.92 Å². The van der Waals surface area contributed by atoms with Gasteiger partial charge in [0.25, 0.3) is 0 Å². The Morgan fingerprint density at radius 3 is 2.79 bits per heavy atom. The Labute approximate surface area is 82.9 Å². The zero-order chi connectivity index (χ0) is 10.1. The molecule has 0 radical (unpaired) electrons. The molecule has 14 heavy (non-hydrogen) atoms. The molecule has 2 aliphatic heterocycles. The molecule has 0 spiro atoms. The first-order chi connectivity index (χ1) is 6.70. The molecule has 0 bridgehead atoms. The van der Waals surface area contributed by atoms with Crippen molar-refractivity contribution in [3.05, 3.63) is 0 Å². The number of hydrogen-bond acceptors (Lipinski definition) is 2. The summed E-state index contributed by atoms with van der Waals surface area (Å²) in [5, 5.41) is 8.85. The summed E-state index contributed by atoms with van der Waals surface area (Å²) in [4.78, 5) is 24.3. The molecule has 0 aromatic rings. The Morgan fingerprint density at radius 1 is 1.29 bits per heavy atom. The molecule has 0 aromatic carbocycles. The van der Waals surface area contributed by atoms with Gasteiger partial charge in [0.2, 0.25) is 5.91 Å². The number of carboxylic acids is 1. The zero-order valence-corrected chi connectivity index (χ0v) is 8.11. The minimum atomic E-state index is -0.959. The number of amides is 1. The third kappa shape index (κ3) is 1.49. The van der Waals surface area contributed by atoms with E-state index in [1.54, 1.807) is 4.90 Å². The van der Waals surface area contributed by atoms with E-state index in [1.807, 2.05) is 0 Å². The minimum absolute atomic E-state index is 0.159. The third-order valence-electron chi connectivity index (χ3n) is 3.29. The molecule has 2 aliphatic rings. The number of nitrogens with zero attached hydrogens (tertiary/aromatic N) is 1. The van der Waals surface area contributed by atoms with Gasteiger partial charge in [0, 0.05) is 12.6 Å². The standard InChI is InChI=1S/C10H15NO3/c12-9-8(10(13)14)5-4-7-3-1-2-6-11(7)9/h7-8H,1-6H2,(H,13,14). The van der Waals surface area contributed by atoms with Crippen LogP contribution in [0.2, 0.25) is 0 Å². The van der Waals surface area contributed by atoms with Crippen LogP contribution < -0.4 is 0 Å². The normalized spacial score (nSPS) is 32.6. The molecule has 2 heterocycles. The first kappa shape index (κ1) is 9.49. The second-order valence-electron chi connectivity index (χ2n) is 4.15. The van der Waals surface area contributed by atoms with E-state index in [4.69, 9.17) is 5.11 Å². The van der Waals surface area contributed by atoms with Gasteiger partial charge in [0.05, 0.1) is 0 Å². The van der Waals surface area contributed by atoms with Crippen LogP contribution in [0.5, 0.6) is 0 Å². The summed E-state index contributed by atoms with van der Waals surface area (Å²) in [5.74, 6) is -1.89. The summed E-state index contributed by atoms with van der Waals surface area (Å²) >= 11 is 0. The number of rotatable bonds is 1. The summed E-state index contributed by atoms with van der Waals surface area (Å²) < 4.78 is 0. The van der Waals surface area contributed by atoms with Crippen molar-refractivity contribution in [1.29, 1.82) is 0 Å². The molecular formula is C10H15NO3. The number of aliphatic carboxylic acids is 1. The van der Waals surface area contributed by atoms with Crippen LogP contribution in [0.25, 0.3) is 0 Å². The third-order valence-corrected chi connectivity index (χ3v) is 3.29. The molecule has 1 amide bonds. The van der Waals surface area contributed by atoms with Crippen molar-refractivity contribution in [3.8, 4) is 0 Å². The Morgan fingerprint density at radius 2 is 2.07 bits per heavy atom. The molecule has 2 rings (SSSR count). The fraction of sp³-hybridized carbons (Fsp3) is 0.800. The molecule has 4 nitrogen and oxygen atoms in total. The Kier molecular flexibility index (Phi) is 2.44. The van der Waals surface area contributed by atoms with Crippen LogP contribution in [0.4, 0.5) is 0 Å². The highest BCUT2D eigenvalue weighted by Gasteiger charge is 2.39. The highest BCUT2D eigenvalue weighted by molar-refractivity contribution is 5.97. The highest BCUT2D eigenvalue weighted by atomic mass is 16.4. The smallest absolute Gasteiger partial charge is 0.316 e. The van der Waals surface area contributed by atoms with Gasteiger partial charge in [-0.1, -0.05) is 0 Å². The first-order valence-corrected chi connectivity index (χ1v) is 5.23. The lowest BCUT2D eigenvalue weighted by atomic mass is 9.87. The maximum Gasteiger partial charge on any atom is 0.316 e. The minimum Gasteiger partial charge on any atom is -0.481 e. The summed E-state index contributed by atoms with van der Waals surface area (Å²) in [6, 6.07) is 0.326. The molecule has 0 aromatic heterocycles. The molecule has 2 atom stereocenters. The maximum atomic E-state index is 11.7. The zero-order valence-electron chi connectivity index (χ0n) is 8.11. The lowest BCUT2D eigenvalue weighted by Crippen LogP contribution is -2.51. The SMILES string of the molecule is O=C(O)C1CCC2CCCCN2C1=O. The van der Waals surface area contributed by atoms with E-state index < -0.39 is 11.9 Å². The predicted octanol–water partition coefficient (Wildman–Crippen LogP) is 0.862. The summed E-state index contributed by atoms with van der Waals surface area (Å²) in [5.41, 5.74) is 0. The van der Waals surface area contributed by atoms with Gasteiger partial charge in [-0.15, -0.1) is 0 Å². The molecule has 0 aliphatic carbocycles. The fourth-order valence-electron chi connectivity index (χ4n) is 2.50. The molecule has 2 saturated heterocycles. The van der Waals surface area contributed by atoms with Crippen molar-refractivity contribution in [2.24, 2.45) is 5.92 Å². The number of fused-ring (bicyclic) bond motifs is 1. The number of piperidine rings is 2. The molecule has 0 saturated carbocycles. The van der Waals surface area contributed by atoms with Crippen LogP contribution >= 0.6 is 0 Å². The molecule has 2 unspecified atom stereocenters. The van der Waals surface area contributed by atoms with Crippen LogP contribution in [0.1, 0.15) is 32.1 Å². The predicted molar refractivity (Wildman–Crippen MR) is 49.7 cm³/mol. The number of hydrogen-bond donors (Lipinski definition) is 1. The van der Waals surface area contributed by atoms with Gasteiger partial charge in [-0.05, 0) is 32.1 Å². The van der Waals surface area contributed by atoms with Crippen molar-refractivity contribution in [3.63, 3.8) is 0 Å². The largest absolute Gasteiger partial charge is 0.481 e. The van der Waals surface area contributed by atoms with Crippen LogP contribution in [0.15, 0.2) is 0 Å². The average molecular weight is 197 g/mol. The van der Waals surface area contributed by atoms with E-state index >= 15 is 0 Å². The van der Waals surface area contributed by atoms with Crippen LogP contribution in [0.3, 0.4) is 0 Å². The van der Waals surface area contributed by atoms with Crippen molar-refractivity contribution < 1.29 is 14.7 Å². The Balaban J connectivity index is 2.10. The highest BCUT2D eigenvalue weighted by Crippen LogP contribution is 2.29. The van der Waals surface area contributed by atoms with Crippen LogP contribution in [0, 0.1) is 5.92 Å². The van der Waals surface area contributed by atoms with Gasteiger partial charge in [-0.3, -0.25) is 9.59 Å². The Hall–Kier alpha value is -1.06. The van der Waals surface area contributed by atoms with Gasteiger partial charge in [0.15, 0.2) is 0 Å². The van der Waals surface area contributed by atoms with E-state index in [0.717, 1.165) is 25.8 Å². The lowest BCUT2D eigenvalue weighted by molar-refractivity contribution is -0.156. The second-order valence-corrected chi connectivity index (χ2v) is 4.15. The molecule has 4 heteroatoms. The summed E-state index contributed by atoms with van der Waals surface area (Å²) in [6.45, 7) is 0.757. The van der Waals surface area contributed by atoms with Crippen LogP contribution in [-0.4, -0.2) is 34.5 Å². The fourth-order valence-corrected chi connectivity index (χ4v) is 2.50. The first-order valence-electron chi connectivity index (χ1n) is 5.23.